The van der Waals surface area contributed by atoms with Gasteiger partial charge in [-0.15, -0.1) is 0 Å². The van der Waals surface area contributed by atoms with E-state index in [9.17, 15) is 0 Å². The summed E-state index contributed by atoms with van der Waals surface area (Å²) in [5, 5.41) is 3.49. The number of nitrogens with zero attached hydrogens (tertiary/aromatic N) is 2. The minimum Gasteiger partial charge on any atom is -0.339 e. The molecule has 0 saturated carbocycles. The maximum absolute atomic E-state index is 5.72. The molecule has 1 heterocycles. The van der Waals surface area contributed by atoms with Crippen molar-refractivity contribution < 1.29 is 0 Å². The van der Waals surface area contributed by atoms with Gasteiger partial charge in [0.2, 0.25) is 0 Å². The van der Waals surface area contributed by atoms with Gasteiger partial charge in [0.15, 0.2) is 5.82 Å². The van der Waals surface area contributed by atoms with Gasteiger partial charge in [0.25, 0.3) is 0 Å². The first kappa shape index (κ1) is 10.6. The zero-order valence-electron chi connectivity index (χ0n) is 7.61. The summed E-state index contributed by atoms with van der Waals surface area (Å²) >= 11 is 7.98. The first-order chi connectivity index (χ1) is 7.24. The molecule has 1 aromatic heterocycles. The lowest BCUT2D eigenvalue weighted by molar-refractivity contribution is 1.20. The molecule has 76 valence electrons. The molecule has 0 radical (unpaired) electrons. The summed E-state index contributed by atoms with van der Waals surface area (Å²) in [6.07, 6.45) is 3.13. The van der Waals surface area contributed by atoms with Gasteiger partial charge in [-0.2, -0.15) is 0 Å². The monoisotopic (exact) mass is 331 g/mol. The Labute approximate surface area is 106 Å². The number of halogens is 2. The number of hydrogen-bond donors (Lipinski definition) is 1. The first-order valence-corrected chi connectivity index (χ1v) is 5.70. The van der Waals surface area contributed by atoms with Crippen LogP contribution in [0.4, 0.5) is 11.5 Å². The molecule has 0 bridgehead atoms. The van der Waals surface area contributed by atoms with Gasteiger partial charge in [-0.3, -0.25) is 4.98 Å². The molecular weight excluding hydrogens is 324 g/mol. The second-order valence-corrected chi connectivity index (χ2v) is 4.49. The topological polar surface area (TPSA) is 37.8 Å². The summed E-state index contributed by atoms with van der Waals surface area (Å²) in [4.78, 5) is 8.02. The molecule has 0 spiro atoms. The van der Waals surface area contributed by atoms with Crippen LogP contribution >= 0.6 is 34.2 Å². The second-order valence-electron chi connectivity index (χ2n) is 2.86. The molecule has 0 unspecified atom stereocenters. The van der Waals surface area contributed by atoms with Crippen molar-refractivity contribution in [3.63, 3.8) is 0 Å². The fraction of sp³-hybridized carbons (Fsp3) is 0. The highest BCUT2D eigenvalue weighted by Crippen LogP contribution is 2.16. The van der Waals surface area contributed by atoms with Gasteiger partial charge < -0.3 is 5.32 Å². The summed E-state index contributed by atoms with van der Waals surface area (Å²) in [7, 11) is 0. The zero-order chi connectivity index (χ0) is 10.7. The van der Waals surface area contributed by atoms with Crippen LogP contribution in [0.3, 0.4) is 0 Å². The molecule has 1 aromatic carbocycles. The minimum atomic E-state index is 0.380. The molecule has 15 heavy (non-hydrogen) atoms. The molecule has 3 nitrogen and oxygen atoms in total. The maximum atomic E-state index is 5.72. The second kappa shape index (κ2) is 4.76. The predicted molar refractivity (Wildman–Crippen MR) is 69.5 cm³/mol. The standard InChI is InChI=1S/C10H7ClIN3/c11-9-5-13-6-10(15-9)14-8-3-1-7(12)2-4-8/h1-6H,(H,14,15). The van der Waals surface area contributed by atoms with Crippen molar-refractivity contribution in [3.05, 3.63) is 45.4 Å². The third-order valence-electron chi connectivity index (χ3n) is 1.72. The summed E-state index contributed by atoms with van der Waals surface area (Å²) in [5.74, 6) is 0.642. The van der Waals surface area contributed by atoms with Crippen molar-refractivity contribution in [2.45, 2.75) is 0 Å². The molecule has 0 amide bonds. The van der Waals surface area contributed by atoms with E-state index in [1.165, 1.54) is 9.77 Å². The van der Waals surface area contributed by atoms with Crippen LogP contribution in [0.25, 0.3) is 0 Å². The Morgan fingerprint density at radius 1 is 1.13 bits per heavy atom. The molecule has 2 aromatic rings. The number of hydrogen-bond acceptors (Lipinski definition) is 3. The van der Waals surface area contributed by atoms with Gasteiger partial charge in [0.1, 0.15) is 5.15 Å². The molecule has 1 N–H and O–H groups in total. The Kier molecular flexibility index (Phi) is 3.37. The SMILES string of the molecule is Clc1cncc(Nc2ccc(I)cc2)n1. The van der Waals surface area contributed by atoms with Crippen LogP contribution in [0.1, 0.15) is 0 Å². The Hall–Kier alpha value is -0.880. The van der Waals surface area contributed by atoms with Crippen molar-refractivity contribution in [3.8, 4) is 0 Å². The Morgan fingerprint density at radius 3 is 2.53 bits per heavy atom. The summed E-state index contributed by atoms with van der Waals surface area (Å²) in [5.41, 5.74) is 0.965. The van der Waals surface area contributed by atoms with Gasteiger partial charge in [-0.1, -0.05) is 11.6 Å². The summed E-state index contributed by atoms with van der Waals surface area (Å²) in [6.45, 7) is 0. The average molecular weight is 332 g/mol. The Morgan fingerprint density at radius 2 is 1.87 bits per heavy atom. The fourth-order valence-corrected chi connectivity index (χ4v) is 1.59. The van der Waals surface area contributed by atoms with E-state index in [1.807, 2.05) is 24.3 Å². The van der Waals surface area contributed by atoms with Gasteiger partial charge in [0, 0.05) is 9.26 Å². The van der Waals surface area contributed by atoms with E-state index in [2.05, 4.69) is 37.9 Å². The first-order valence-electron chi connectivity index (χ1n) is 4.24. The predicted octanol–water partition coefficient (Wildman–Crippen LogP) is 3.48. The fourth-order valence-electron chi connectivity index (χ4n) is 1.08. The van der Waals surface area contributed by atoms with Crippen LogP contribution in [-0.4, -0.2) is 9.97 Å². The highest BCUT2D eigenvalue weighted by Gasteiger charge is 1.97. The number of nitrogens with one attached hydrogen (secondary N) is 1. The molecule has 0 atom stereocenters. The highest BCUT2D eigenvalue weighted by molar-refractivity contribution is 14.1. The zero-order valence-corrected chi connectivity index (χ0v) is 10.5. The summed E-state index contributed by atoms with van der Waals surface area (Å²) < 4.78 is 1.19. The smallest absolute Gasteiger partial charge is 0.150 e. The van der Waals surface area contributed by atoms with Crippen LogP contribution in [0, 0.1) is 3.57 Å². The van der Waals surface area contributed by atoms with Crippen LogP contribution < -0.4 is 5.32 Å². The van der Waals surface area contributed by atoms with E-state index < -0.39 is 0 Å². The maximum Gasteiger partial charge on any atom is 0.150 e. The van der Waals surface area contributed by atoms with Gasteiger partial charge in [-0.05, 0) is 46.9 Å². The van der Waals surface area contributed by atoms with Gasteiger partial charge >= 0.3 is 0 Å². The molecule has 5 heteroatoms. The lowest BCUT2D eigenvalue weighted by Gasteiger charge is -2.04. The van der Waals surface area contributed by atoms with Crippen molar-refractivity contribution in [2.75, 3.05) is 5.32 Å². The van der Waals surface area contributed by atoms with E-state index in [4.69, 9.17) is 11.6 Å². The van der Waals surface area contributed by atoms with E-state index in [1.54, 1.807) is 6.20 Å². The van der Waals surface area contributed by atoms with E-state index in [-0.39, 0.29) is 0 Å². The molecule has 0 aliphatic carbocycles. The lowest BCUT2D eigenvalue weighted by atomic mass is 10.3. The quantitative estimate of drug-likeness (QED) is 0.856. The molecule has 0 fully saturated rings. The lowest BCUT2D eigenvalue weighted by Crippen LogP contribution is -1.94. The molecule has 0 aliphatic rings. The number of rotatable bonds is 2. The molecule has 0 aliphatic heterocycles. The van der Waals surface area contributed by atoms with Gasteiger partial charge in [-0.25, -0.2) is 4.98 Å². The number of anilines is 2. The Balaban J connectivity index is 2.18. The molecular formula is C10H7ClIN3. The number of aromatic nitrogens is 2. The van der Waals surface area contributed by atoms with Crippen LogP contribution in [0.2, 0.25) is 5.15 Å². The van der Waals surface area contributed by atoms with Crippen molar-refractivity contribution >= 4 is 45.7 Å². The molecule has 0 saturated heterocycles. The van der Waals surface area contributed by atoms with Crippen LogP contribution in [-0.2, 0) is 0 Å². The van der Waals surface area contributed by atoms with Crippen LogP contribution in [0.5, 0.6) is 0 Å². The van der Waals surface area contributed by atoms with Crippen molar-refractivity contribution in [1.29, 1.82) is 0 Å². The van der Waals surface area contributed by atoms with E-state index >= 15 is 0 Å². The van der Waals surface area contributed by atoms with Crippen LogP contribution in [0.15, 0.2) is 36.7 Å². The molecule has 2 rings (SSSR count). The minimum absolute atomic E-state index is 0.380. The number of benzene rings is 1. The van der Waals surface area contributed by atoms with E-state index in [0.717, 1.165) is 5.69 Å². The third-order valence-corrected chi connectivity index (χ3v) is 2.62. The summed E-state index contributed by atoms with van der Waals surface area (Å²) in [6, 6.07) is 7.98. The van der Waals surface area contributed by atoms with Crippen molar-refractivity contribution in [2.24, 2.45) is 0 Å². The van der Waals surface area contributed by atoms with Crippen molar-refractivity contribution in [1.82, 2.24) is 9.97 Å². The van der Waals surface area contributed by atoms with E-state index in [0.29, 0.717) is 11.0 Å². The third kappa shape index (κ3) is 3.04. The average Bonchev–Trinajstić information content (AvgIpc) is 2.22. The largest absolute Gasteiger partial charge is 0.339 e. The normalized spacial score (nSPS) is 10.0. The highest BCUT2D eigenvalue weighted by atomic mass is 127. The van der Waals surface area contributed by atoms with Gasteiger partial charge in [0.05, 0.1) is 12.4 Å². The Bertz CT molecular complexity index is 458.